The van der Waals surface area contributed by atoms with Crippen LogP contribution in [0.15, 0.2) is 48.5 Å². The van der Waals surface area contributed by atoms with E-state index in [-0.39, 0.29) is 12.1 Å². The van der Waals surface area contributed by atoms with Crippen molar-refractivity contribution in [3.8, 4) is 6.07 Å². The fourth-order valence-electron chi connectivity index (χ4n) is 1.95. The van der Waals surface area contributed by atoms with Crippen LogP contribution in [-0.4, -0.2) is 11.7 Å². The molecule has 0 heterocycles. The summed E-state index contributed by atoms with van der Waals surface area (Å²) in [5, 5.41) is 22.3. The summed E-state index contributed by atoms with van der Waals surface area (Å²) >= 11 is 0. The zero-order valence-corrected chi connectivity index (χ0v) is 11.1. The summed E-state index contributed by atoms with van der Waals surface area (Å²) in [6.45, 7) is 1.84. The van der Waals surface area contributed by atoms with Gasteiger partial charge in [-0.3, -0.25) is 0 Å². The number of halogens is 1. The summed E-state index contributed by atoms with van der Waals surface area (Å²) in [6, 6.07) is 15.4. The van der Waals surface area contributed by atoms with Gasteiger partial charge in [0.05, 0.1) is 5.69 Å². The normalized spacial score (nSPS) is 13.3. The summed E-state index contributed by atoms with van der Waals surface area (Å²) in [7, 11) is 0. The number of anilines is 1. The van der Waals surface area contributed by atoms with E-state index in [1.165, 1.54) is 12.1 Å². The van der Waals surface area contributed by atoms with E-state index in [1.807, 2.05) is 36.4 Å². The predicted molar refractivity (Wildman–Crippen MR) is 75.6 cm³/mol. The number of benzene rings is 2. The van der Waals surface area contributed by atoms with E-state index in [1.54, 1.807) is 13.0 Å². The fourth-order valence-corrected chi connectivity index (χ4v) is 1.95. The van der Waals surface area contributed by atoms with Crippen LogP contribution in [0.1, 0.15) is 18.1 Å². The van der Waals surface area contributed by atoms with Crippen molar-refractivity contribution in [2.45, 2.75) is 12.5 Å². The minimum Gasteiger partial charge on any atom is -0.384 e. The minimum absolute atomic E-state index is 0.0450. The molecule has 20 heavy (non-hydrogen) atoms. The quantitative estimate of drug-likeness (QED) is 0.898. The first-order valence-corrected chi connectivity index (χ1v) is 6.25. The lowest BCUT2D eigenvalue weighted by Crippen LogP contribution is -2.30. The molecule has 0 aliphatic rings. The van der Waals surface area contributed by atoms with Crippen LogP contribution in [0.3, 0.4) is 0 Å². The Kier molecular flexibility index (Phi) is 4.02. The van der Waals surface area contributed by atoms with Crippen LogP contribution in [0.25, 0.3) is 0 Å². The largest absolute Gasteiger partial charge is 0.384 e. The second-order valence-corrected chi connectivity index (χ2v) is 4.77. The van der Waals surface area contributed by atoms with Crippen LogP contribution in [-0.2, 0) is 5.60 Å². The second kappa shape index (κ2) is 5.72. The maximum Gasteiger partial charge on any atom is 0.143 e. The Morgan fingerprint density at radius 1 is 1.20 bits per heavy atom. The molecule has 0 saturated heterocycles. The lowest BCUT2D eigenvalue weighted by molar-refractivity contribution is 0.0715. The van der Waals surface area contributed by atoms with E-state index in [0.29, 0.717) is 5.69 Å². The van der Waals surface area contributed by atoms with Crippen LogP contribution < -0.4 is 5.32 Å². The molecule has 1 atom stereocenters. The lowest BCUT2D eigenvalue weighted by atomic mass is 9.96. The van der Waals surface area contributed by atoms with Crippen molar-refractivity contribution in [2.75, 3.05) is 11.9 Å². The van der Waals surface area contributed by atoms with Crippen molar-refractivity contribution >= 4 is 5.69 Å². The highest BCUT2D eigenvalue weighted by molar-refractivity contribution is 5.58. The van der Waals surface area contributed by atoms with Crippen LogP contribution >= 0.6 is 0 Å². The topological polar surface area (TPSA) is 56.0 Å². The van der Waals surface area contributed by atoms with E-state index in [2.05, 4.69) is 5.32 Å². The molecule has 2 aromatic rings. The molecule has 0 fully saturated rings. The molecule has 0 amide bonds. The van der Waals surface area contributed by atoms with Crippen LogP contribution in [0, 0.1) is 17.1 Å². The molecular weight excluding hydrogens is 255 g/mol. The Morgan fingerprint density at radius 3 is 2.55 bits per heavy atom. The maximum atomic E-state index is 13.5. The van der Waals surface area contributed by atoms with Crippen LogP contribution in [0.4, 0.5) is 10.1 Å². The Bertz CT molecular complexity index is 633. The summed E-state index contributed by atoms with van der Waals surface area (Å²) in [4.78, 5) is 0. The molecule has 2 aromatic carbocycles. The van der Waals surface area contributed by atoms with Gasteiger partial charge in [-0.05, 0) is 24.6 Å². The van der Waals surface area contributed by atoms with Gasteiger partial charge in [-0.15, -0.1) is 0 Å². The third kappa shape index (κ3) is 2.95. The highest BCUT2D eigenvalue weighted by Gasteiger charge is 2.23. The van der Waals surface area contributed by atoms with Gasteiger partial charge in [0, 0.05) is 6.54 Å². The molecule has 2 N–H and O–H groups in total. The van der Waals surface area contributed by atoms with Gasteiger partial charge in [-0.1, -0.05) is 36.4 Å². The third-order valence-corrected chi connectivity index (χ3v) is 3.14. The molecule has 0 radical (unpaired) electrons. The molecule has 102 valence electrons. The van der Waals surface area contributed by atoms with Gasteiger partial charge in [0.1, 0.15) is 23.1 Å². The Morgan fingerprint density at radius 2 is 1.90 bits per heavy atom. The molecular formula is C16H15FN2O. The smallest absolute Gasteiger partial charge is 0.143 e. The van der Waals surface area contributed by atoms with Crippen molar-refractivity contribution in [1.29, 1.82) is 5.26 Å². The van der Waals surface area contributed by atoms with E-state index in [0.717, 1.165) is 5.56 Å². The van der Waals surface area contributed by atoms with Crippen LogP contribution in [0.5, 0.6) is 0 Å². The van der Waals surface area contributed by atoms with Gasteiger partial charge in [0.2, 0.25) is 0 Å². The van der Waals surface area contributed by atoms with E-state index < -0.39 is 11.4 Å². The molecule has 3 nitrogen and oxygen atoms in total. The number of aliphatic hydroxyl groups is 1. The molecule has 0 aliphatic heterocycles. The van der Waals surface area contributed by atoms with Gasteiger partial charge in [-0.25, -0.2) is 4.39 Å². The molecule has 0 bridgehead atoms. The fraction of sp³-hybridized carbons (Fsp3) is 0.188. The molecule has 4 heteroatoms. The number of hydrogen-bond donors (Lipinski definition) is 2. The van der Waals surface area contributed by atoms with Gasteiger partial charge < -0.3 is 10.4 Å². The average Bonchev–Trinajstić information content (AvgIpc) is 2.46. The molecule has 0 saturated carbocycles. The number of nitrogens with one attached hydrogen (secondary N) is 1. The SMILES string of the molecule is CC(O)(CNc1cccc(F)c1C#N)c1ccccc1. The van der Waals surface area contributed by atoms with Gasteiger partial charge in [0.25, 0.3) is 0 Å². The lowest BCUT2D eigenvalue weighted by Gasteiger charge is -2.25. The summed E-state index contributed by atoms with van der Waals surface area (Å²) in [5.74, 6) is -0.572. The molecule has 1 unspecified atom stereocenters. The van der Waals surface area contributed by atoms with Crippen molar-refractivity contribution in [3.63, 3.8) is 0 Å². The molecule has 0 aliphatic carbocycles. The Labute approximate surface area is 117 Å². The number of rotatable bonds is 4. The molecule has 0 spiro atoms. The van der Waals surface area contributed by atoms with E-state index in [9.17, 15) is 9.50 Å². The predicted octanol–water partition coefficient (Wildman–Crippen LogP) is 3.02. The first kappa shape index (κ1) is 14.0. The van der Waals surface area contributed by atoms with Crippen molar-refractivity contribution in [2.24, 2.45) is 0 Å². The summed E-state index contributed by atoms with van der Waals surface area (Å²) < 4.78 is 13.5. The average molecular weight is 270 g/mol. The summed E-state index contributed by atoms with van der Waals surface area (Å²) in [5.41, 5.74) is -0.0252. The van der Waals surface area contributed by atoms with Crippen molar-refractivity contribution < 1.29 is 9.50 Å². The Hall–Kier alpha value is -2.38. The monoisotopic (exact) mass is 270 g/mol. The maximum absolute atomic E-state index is 13.5. The Balaban J connectivity index is 2.17. The van der Waals surface area contributed by atoms with Crippen LogP contribution in [0.2, 0.25) is 0 Å². The highest BCUT2D eigenvalue weighted by atomic mass is 19.1. The van der Waals surface area contributed by atoms with Crippen molar-refractivity contribution in [1.82, 2.24) is 0 Å². The first-order valence-electron chi connectivity index (χ1n) is 6.25. The third-order valence-electron chi connectivity index (χ3n) is 3.14. The minimum atomic E-state index is -1.11. The van der Waals surface area contributed by atoms with E-state index >= 15 is 0 Å². The highest BCUT2D eigenvalue weighted by Crippen LogP contribution is 2.23. The van der Waals surface area contributed by atoms with E-state index in [4.69, 9.17) is 5.26 Å². The van der Waals surface area contributed by atoms with Gasteiger partial charge >= 0.3 is 0 Å². The second-order valence-electron chi connectivity index (χ2n) is 4.77. The zero-order chi connectivity index (χ0) is 14.6. The standard InChI is InChI=1S/C16H15FN2O/c1-16(20,12-6-3-2-4-7-12)11-19-15-9-5-8-14(17)13(15)10-18/h2-9,19-20H,11H2,1H3. The van der Waals surface area contributed by atoms with Crippen molar-refractivity contribution in [3.05, 3.63) is 65.5 Å². The number of nitriles is 1. The van der Waals surface area contributed by atoms with Gasteiger partial charge in [-0.2, -0.15) is 5.26 Å². The zero-order valence-electron chi connectivity index (χ0n) is 11.1. The number of hydrogen-bond acceptors (Lipinski definition) is 3. The molecule has 0 aromatic heterocycles. The van der Waals surface area contributed by atoms with Gasteiger partial charge in [0.15, 0.2) is 0 Å². The molecule has 2 rings (SSSR count). The number of nitrogens with zero attached hydrogens (tertiary/aromatic N) is 1. The summed E-state index contributed by atoms with van der Waals surface area (Å²) in [6.07, 6.45) is 0. The first-order chi connectivity index (χ1) is 9.54.